The van der Waals surface area contributed by atoms with Crippen molar-refractivity contribution in [2.24, 2.45) is 0 Å². The standard InChI is InChI=1S/C14H17BrO4/c1-4-18-10-6-7-11(14(17)19-5-2)12(8-10)13(16)9(3)15/h6-9H,4-5H2,1-3H3. The van der Waals surface area contributed by atoms with Gasteiger partial charge in [0.05, 0.1) is 23.6 Å². The Labute approximate surface area is 121 Å². The number of hydrogen-bond acceptors (Lipinski definition) is 4. The molecule has 0 spiro atoms. The summed E-state index contributed by atoms with van der Waals surface area (Å²) in [5, 5.41) is 0. The van der Waals surface area contributed by atoms with Gasteiger partial charge < -0.3 is 9.47 Å². The lowest BCUT2D eigenvalue weighted by Gasteiger charge is -2.11. The van der Waals surface area contributed by atoms with Crippen LogP contribution < -0.4 is 4.74 Å². The summed E-state index contributed by atoms with van der Waals surface area (Å²) in [6.07, 6.45) is 0. The predicted molar refractivity (Wildman–Crippen MR) is 76.3 cm³/mol. The Morgan fingerprint density at radius 2 is 1.89 bits per heavy atom. The molecule has 0 aliphatic carbocycles. The second-order valence-corrected chi connectivity index (χ2v) is 5.21. The zero-order valence-electron chi connectivity index (χ0n) is 11.2. The van der Waals surface area contributed by atoms with E-state index in [1.165, 1.54) is 0 Å². The van der Waals surface area contributed by atoms with Crippen LogP contribution in [0.4, 0.5) is 0 Å². The highest BCUT2D eigenvalue weighted by molar-refractivity contribution is 9.10. The van der Waals surface area contributed by atoms with Gasteiger partial charge in [-0.25, -0.2) is 4.79 Å². The molecule has 0 aromatic heterocycles. The van der Waals surface area contributed by atoms with Gasteiger partial charge in [0.15, 0.2) is 5.78 Å². The highest BCUT2D eigenvalue weighted by Crippen LogP contribution is 2.22. The van der Waals surface area contributed by atoms with Crippen LogP contribution in [0.15, 0.2) is 18.2 Å². The molecule has 1 atom stereocenters. The minimum Gasteiger partial charge on any atom is -0.494 e. The summed E-state index contributed by atoms with van der Waals surface area (Å²) in [6, 6.07) is 4.80. The van der Waals surface area contributed by atoms with Crippen LogP contribution in [0.5, 0.6) is 5.75 Å². The lowest BCUT2D eigenvalue weighted by molar-refractivity contribution is 0.0523. The molecule has 1 rings (SSSR count). The largest absolute Gasteiger partial charge is 0.494 e. The van der Waals surface area contributed by atoms with Crippen molar-refractivity contribution in [3.63, 3.8) is 0 Å². The van der Waals surface area contributed by atoms with Gasteiger partial charge in [0.2, 0.25) is 0 Å². The minimum absolute atomic E-state index is 0.176. The summed E-state index contributed by atoms with van der Waals surface area (Å²) >= 11 is 3.22. The van der Waals surface area contributed by atoms with E-state index in [9.17, 15) is 9.59 Å². The third kappa shape index (κ3) is 4.06. The van der Waals surface area contributed by atoms with Crippen LogP contribution in [-0.4, -0.2) is 29.8 Å². The summed E-state index contributed by atoms with van der Waals surface area (Å²) < 4.78 is 10.3. The number of Topliss-reactive ketones (excluding diaryl/α,β-unsaturated/α-hetero) is 1. The van der Waals surface area contributed by atoms with E-state index in [4.69, 9.17) is 9.47 Å². The average Bonchev–Trinajstić information content (AvgIpc) is 2.38. The fourth-order valence-electron chi connectivity index (χ4n) is 1.58. The summed E-state index contributed by atoms with van der Waals surface area (Å²) in [7, 11) is 0. The molecule has 1 aromatic carbocycles. The monoisotopic (exact) mass is 328 g/mol. The summed E-state index contributed by atoms with van der Waals surface area (Å²) in [5.41, 5.74) is 0.579. The Balaban J connectivity index is 3.22. The van der Waals surface area contributed by atoms with Crippen molar-refractivity contribution in [2.75, 3.05) is 13.2 Å². The number of carbonyl (C=O) groups is 2. The summed E-state index contributed by atoms with van der Waals surface area (Å²) in [6.45, 7) is 6.05. The summed E-state index contributed by atoms with van der Waals surface area (Å²) in [5.74, 6) is -0.112. The number of carbonyl (C=O) groups excluding carboxylic acids is 2. The maximum atomic E-state index is 12.1. The molecule has 0 N–H and O–H groups in total. The van der Waals surface area contributed by atoms with Crippen molar-refractivity contribution in [2.45, 2.75) is 25.6 Å². The highest BCUT2D eigenvalue weighted by Gasteiger charge is 2.21. The van der Waals surface area contributed by atoms with Gasteiger partial charge in [-0.2, -0.15) is 0 Å². The second-order valence-electron chi connectivity index (χ2n) is 3.84. The van der Waals surface area contributed by atoms with Crippen LogP contribution in [-0.2, 0) is 4.74 Å². The van der Waals surface area contributed by atoms with E-state index in [0.29, 0.717) is 17.9 Å². The van der Waals surface area contributed by atoms with E-state index in [-0.39, 0.29) is 22.8 Å². The van der Waals surface area contributed by atoms with Crippen molar-refractivity contribution in [3.8, 4) is 5.75 Å². The van der Waals surface area contributed by atoms with Crippen LogP contribution in [0.3, 0.4) is 0 Å². The van der Waals surface area contributed by atoms with E-state index >= 15 is 0 Å². The number of rotatable bonds is 6. The molecule has 5 heteroatoms. The van der Waals surface area contributed by atoms with Crippen LogP contribution in [0.2, 0.25) is 0 Å². The summed E-state index contributed by atoms with van der Waals surface area (Å²) in [4.78, 5) is 23.6. The first-order chi connectivity index (χ1) is 9.01. The fourth-order valence-corrected chi connectivity index (χ4v) is 1.83. The lowest BCUT2D eigenvalue weighted by Crippen LogP contribution is -2.17. The molecule has 1 aromatic rings. The molecule has 1 unspecified atom stereocenters. The van der Waals surface area contributed by atoms with Crippen molar-refractivity contribution in [3.05, 3.63) is 29.3 Å². The number of ether oxygens (including phenoxy) is 2. The fraction of sp³-hybridized carbons (Fsp3) is 0.429. The molecule has 0 fully saturated rings. The maximum Gasteiger partial charge on any atom is 0.338 e. The molecule has 0 saturated heterocycles. The van der Waals surface area contributed by atoms with Crippen molar-refractivity contribution >= 4 is 27.7 Å². The molecule has 104 valence electrons. The maximum absolute atomic E-state index is 12.1. The van der Waals surface area contributed by atoms with E-state index in [1.54, 1.807) is 32.0 Å². The minimum atomic E-state index is -0.498. The normalized spacial score (nSPS) is 11.8. The van der Waals surface area contributed by atoms with E-state index < -0.39 is 5.97 Å². The molecule has 0 aliphatic rings. The quantitative estimate of drug-likeness (QED) is 0.457. The van der Waals surface area contributed by atoms with E-state index in [0.717, 1.165) is 0 Å². The van der Waals surface area contributed by atoms with E-state index in [2.05, 4.69) is 15.9 Å². The molecular weight excluding hydrogens is 312 g/mol. The average molecular weight is 329 g/mol. The first kappa shape index (κ1) is 15.7. The van der Waals surface area contributed by atoms with Crippen LogP contribution in [0.1, 0.15) is 41.5 Å². The van der Waals surface area contributed by atoms with Crippen LogP contribution in [0, 0.1) is 0 Å². The van der Waals surface area contributed by atoms with Crippen molar-refractivity contribution in [1.29, 1.82) is 0 Å². The predicted octanol–water partition coefficient (Wildman–Crippen LogP) is 3.23. The molecule has 0 aliphatic heterocycles. The van der Waals surface area contributed by atoms with Crippen LogP contribution in [0.25, 0.3) is 0 Å². The smallest absolute Gasteiger partial charge is 0.338 e. The third-order valence-electron chi connectivity index (χ3n) is 2.42. The highest BCUT2D eigenvalue weighted by atomic mass is 79.9. The van der Waals surface area contributed by atoms with Gasteiger partial charge in [0.25, 0.3) is 0 Å². The van der Waals surface area contributed by atoms with E-state index in [1.807, 2.05) is 6.92 Å². The zero-order valence-corrected chi connectivity index (χ0v) is 12.8. The Bertz CT molecular complexity index is 469. The molecule has 4 nitrogen and oxygen atoms in total. The van der Waals surface area contributed by atoms with Gasteiger partial charge in [0.1, 0.15) is 5.75 Å². The van der Waals surface area contributed by atoms with Crippen molar-refractivity contribution < 1.29 is 19.1 Å². The van der Waals surface area contributed by atoms with Gasteiger partial charge in [-0.3, -0.25) is 4.79 Å². The topological polar surface area (TPSA) is 52.6 Å². The SMILES string of the molecule is CCOC(=O)c1ccc(OCC)cc1C(=O)C(C)Br. The third-order valence-corrected chi connectivity index (χ3v) is 2.84. The van der Waals surface area contributed by atoms with Crippen molar-refractivity contribution in [1.82, 2.24) is 0 Å². The number of benzene rings is 1. The second kappa shape index (κ2) is 7.28. The Morgan fingerprint density at radius 3 is 2.42 bits per heavy atom. The molecule has 0 saturated carbocycles. The van der Waals surface area contributed by atoms with Crippen LogP contribution >= 0.6 is 15.9 Å². The first-order valence-corrected chi connectivity index (χ1v) is 7.05. The molecule has 19 heavy (non-hydrogen) atoms. The Hall–Kier alpha value is -1.36. The number of esters is 1. The van der Waals surface area contributed by atoms with Gasteiger partial charge in [-0.05, 0) is 39.0 Å². The van der Waals surface area contributed by atoms with Gasteiger partial charge >= 0.3 is 5.97 Å². The lowest BCUT2D eigenvalue weighted by atomic mass is 10.0. The molecule has 0 heterocycles. The van der Waals surface area contributed by atoms with Gasteiger partial charge in [-0.1, -0.05) is 15.9 Å². The zero-order chi connectivity index (χ0) is 14.4. The van der Waals surface area contributed by atoms with Gasteiger partial charge in [0, 0.05) is 5.56 Å². The molecule has 0 radical (unpaired) electrons. The Morgan fingerprint density at radius 1 is 1.21 bits per heavy atom. The Kier molecular flexibility index (Phi) is 6.02. The molecule has 0 bridgehead atoms. The number of halogens is 1. The number of alkyl halides is 1. The van der Waals surface area contributed by atoms with Gasteiger partial charge in [-0.15, -0.1) is 0 Å². The first-order valence-electron chi connectivity index (χ1n) is 6.13. The molecule has 0 amide bonds. The molecular formula is C14H17BrO4. The number of hydrogen-bond donors (Lipinski definition) is 0. The number of ketones is 1.